The molecule has 0 bridgehead atoms. The first-order chi connectivity index (χ1) is 21.9. The summed E-state index contributed by atoms with van der Waals surface area (Å²) >= 11 is 0. The highest BCUT2D eigenvalue weighted by Crippen LogP contribution is 2.36. The second-order valence-electron chi connectivity index (χ2n) is 13.2. The monoisotopic (exact) mass is 605 g/mol. The molecule has 4 aliphatic rings. The van der Waals surface area contributed by atoms with Crippen LogP contribution >= 0.6 is 0 Å². The van der Waals surface area contributed by atoms with E-state index in [9.17, 15) is 9.59 Å². The number of piperidine rings is 1. The van der Waals surface area contributed by atoms with Gasteiger partial charge in [0.2, 0.25) is 5.91 Å². The Labute approximate surface area is 268 Å². The summed E-state index contributed by atoms with van der Waals surface area (Å²) in [6, 6.07) is 17.6. The van der Waals surface area contributed by atoms with Crippen LogP contribution in [0.15, 0.2) is 78.1 Å². The van der Waals surface area contributed by atoms with Crippen molar-refractivity contribution in [3.05, 3.63) is 78.6 Å². The molecule has 4 heterocycles. The number of aromatic nitrogens is 1. The van der Waals surface area contributed by atoms with Gasteiger partial charge in [-0.1, -0.05) is 61.9 Å². The molecule has 1 saturated carbocycles. The molecule has 0 unspecified atom stereocenters. The molecule has 7 rings (SSSR count). The highest BCUT2D eigenvalue weighted by molar-refractivity contribution is 6.15. The van der Waals surface area contributed by atoms with E-state index >= 15 is 0 Å². The minimum absolute atomic E-state index is 0.201. The third-order valence-electron chi connectivity index (χ3n) is 9.72. The van der Waals surface area contributed by atoms with E-state index in [1.807, 2.05) is 28.3 Å². The van der Waals surface area contributed by atoms with Crippen LogP contribution in [0.5, 0.6) is 0 Å². The Bertz CT molecular complexity index is 1560. The first-order valence-corrected chi connectivity index (χ1v) is 16.9. The van der Waals surface area contributed by atoms with Gasteiger partial charge in [0.05, 0.1) is 0 Å². The average Bonchev–Trinajstić information content (AvgIpc) is 3.90. The number of amidine groups is 1. The SMILES string of the molecule is CCCCN1C(=O)C2(CCN(C(C)C)CC2)N=C1c1ccc(-c2ccc3cnccc3c2)cc1.O=C(C1CC1)N1CC=CCC1. The van der Waals surface area contributed by atoms with Gasteiger partial charge in [-0.15, -0.1) is 0 Å². The topological polar surface area (TPSA) is 69.1 Å². The first kappa shape index (κ1) is 31.2. The second kappa shape index (κ2) is 13.7. The number of unbranched alkanes of at least 4 members (excludes halogenated alkanes) is 1. The Morgan fingerprint density at radius 2 is 1.67 bits per heavy atom. The summed E-state index contributed by atoms with van der Waals surface area (Å²) in [5.41, 5.74) is 2.78. The van der Waals surface area contributed by atoms with Gasteiger partial charge in [-0.05, 0) is 81.0 Å². The lowest BCUT2D eigenvalue weighted by atomic mass is 9.87. The average molecular weight is 606 g/mol. The number of likely N-dealkylation sites (tertiary alicyclic amines) is 1. The summed E-state index contributed by atoms with van der Waals surface area (Å²) < 4.78 is 0. The Hall–Kier alpha value is -3.84. The van der Waals surface area contributed by atoms with Crippen molar-refractivity contribution in [2.45, 2.75) is 77.3 Å². The predicted octanol–water partition coefficient (Wildman–Crippen LogP) is 6.72. The zero-order chi connectivity index (χ0) is 31.4. The molecule has 2 amide bonds. The molecule has 1 aliphatic carbocycles. The van der Waals surface area contributed by atoms with Crippen molar-refractivity contribution in [1.82, 2.24) is 19.7 Å². The number of hydrogen-bond donors (Lipinski definition) is 0. The van der Waals surface area contributed by atoms with E-state index < -0.39 is 5.54 Å². The highest BCUT2D eigenvalue weighted by atomic mass is 16.2. The lowest BCUT2D eigenvalue weighted by Gasteiger charge is -2.38. The maximum absolute atomic E-state index is 13.6. The van der Waals surface area contributed by atoms with E-state index in [1.165, 1.54) is 10.9 Å². The number of nitrogens with zero attached hydrogens (tertiary/aromatic N) is 5. The molecule has 2 fully saturated rings. The van der Waals surface area contributed by atoms with Gasteiger partial charge in [-0.25, -0.2) is 0 Å². The molecule has 0 atom stereocenters. The number of amides is 2. The van der Waals surface area contributed by atoms with Gasteiger partial charge in [-0.2, -0.15) is 0 Å². The van der Waals surface area contributed by atoms with Gasteiger partial charge < -0.3 is 9.80 Å². The fourth-order valence-corrected chi connectivity index (χ4v) is 6.64. The molecule has 3 aliphatic heterocycles. The number of aliphatic imine (C=N–C) groups is 1. The molecule has 7 heteroatoms. The number of carbonyl (C=O) groups is 2. The number of fused-ring (bicyclic) bond motifs is 1. The predicted molar refractivity (Wildman–Crippen MR) is 182 cm³/mol. The summed E-state index contributed by atoms with van der Waals surface area (Å²) in [7, 11) is 0. The number of pyridine rings is 1. The number of carbonyl (C=O) groups excluding carboxylic acids is 2. The van der Waals surface area contributed by atoms with Crippen LogP contribution in [0.25, 0.3) is 21.9 Å². The second-order valence-corrected chi connectivity index (χ2v) is 13.2. The van der Waals surface area contributed by atoms with Gasteiger partial charge in [-0.3, -0.25) is 24.5 Å². The van der Waals surface area contributed by atoms with E-state index in [1.54, 1.807) is 0 Å². The summed E-state index contributed by atoms with van der Waals surface area (Å²) in [6.45, 7) is 11.0. The van der Waals surface area contributed by atoms with Crippen molar-refractivity contribution in [2.75, 3.05) is 32.7 Å². The standard InChI is InChI=1S/C29H34N4O.C9H13NO/c1-4-5-16-33-27(31-29(28(33)34)13-17-32(18-14-29)21(2)3)23-8-6-22(7-9-23)24-10-11-26-20-30-15-12-25(26)19-24;11-9(8-4-5-8)10-6-2-1-3-7-10/h6-12,15,19-21H,4-5,13-14,16-18H2,1-3H3;1-2,8H,3-7H2. The summed E-state index contributed by atoms with van der Waals surface area (Å²) in [5, 5.41) is 2.32. The fraction of sp³-hybridized carbons (Fsp3) is 0.474. The molecule has 1 saturated heterocycles. The summed E-state index contributed by atoms with van der Waals surface area (Å²) in [4.78, 5) is 40.9. The molecule has 7 nitrogen and oxygen atoms in total. The molecule has 1 aromatic heterocycles. The normalized spacial score (nSPS) is 19.6. The molecular weight excluding hydrogens is 558 g/mol. The van der Waals surface area contributed by atoms with Gasteiger partial charge in [0.25, 0.3) is 5.91 Å². The smallest absolute Gasteiger partial charge is 0.256 e. The minimum Gasteiger partial charge on any atom is -0.338 e. The van der Waals surface area contributed by atoms with Crippen molar-refractivity contribution in [1.29, 1.82) is 0 Å². The number of rotatable bonds is 7. The molecular formula is C38H47N5O2. The minimum atomic E-state index is -0.584. The third kappa shape index (κ3) is 6.89. The van der Waals surface area contributed by atoms with Crippen LogP contribution in [0.1, 0.15) is 71.3 Å². The van der Waals surface area contributed by atoms with Crippen LogP contribution in [0.4, 0.5) is 0 Å². The number of benzene rings is 2. The Balaban J connectivity index is 0.000000272. The molecule has 1 spiro atoms. The van der Waals surface area contributed by atoms with Crippen LogP contribution in [0.2, 0.25) is 0 Å². The molecule has 3 aromatic rings. The Morgan fingerprint density at radius 3 is 2.33 bits per heavy atom. The fourth-order valence-electron chi connectivity index (χ4n) is 6.64. The molecule has 0 N–H and O–H groups in total. The zero-order valence-electron chi connectivity index (χ0n) is 27.1. The third-order valence-corrected chi connectivity index (χ3v) is 9.72. The van der Waals surface area contributed by atoms with Crippen LogP contribution in [0.3, 0.4) is 0 Å². The van der Waals surface area contributed by atoms with E-state index in [4.69, 9.17) is 4.99 Å². The van der Waals surface area contributed by atoms with E-state index in [0.717, 1.165) is 100 Å². The van der Waals surface area contributed by atoms with Crippen molar-refractivity contribution >= 4 is 28.4 Å². The van der Waals surface area contributed by atoms with Crippen LogP contribution in [0, 0.1) is 5.92 Å². The Kier molecular flexibility index (Phi) is 9.45. The van der Waals surface area contributed by atoms with Crippen molar-refractivity contribution in [2.24, 2.45) is 10.9 Å². The first-order valence-electron chi connectivity index (χ1n) is 16.9. The maximum atomic E-state index is 13.6. The summed E-state index contributed by atoms with van der Waals surface area (Å²) in [5.74, 6) is 1.83. The highest BCUT2D eigenvalue weighted by Gasteiger charge is 2.49. The molecule has 236 valence electrons. The van der Waals surface area contributed by atoms with E-state index in [0.29, 0.717) is 17.9 Å². The Morgan fingerprint density at radius 1 is 0.933 bits per heavy atom. The van der Waals surface area contributed by atoms with Gasteiger partial charge in [0.1, 0.15) is 11.4 Å². The van der Waals surface area contributed by atoms with Crippen LogP contribution < -0.4 is 0 Å². The number of hydrogen-bond acceptors (Lipinski definition) is 5. The largest absolute Gasteiger partial charge is 0.338 e. The summed E-state index contributed by atoms with van der Waals surface area (Å²) in [6.07, 6.45) is 14.9. The van der Waals surface area contributed by atoms with E-state index in [-0.39, 0.29) is 5.91 Å². The van der Waals surface area contributed by atoms with Gasteiger partial charge >= 0.3 is 0 Å². The van der Waals surface area contributed by atoms with Crippen LogP contribution in [-0.4, -0.2) is 81.6 Å². The quantitative estimate of drug-likeness (QED) is 0.281. The molecule has 2 aromatic carbocycles. The maximum Gasteiger partial charge on any atom is 0.256 e. The lowest BCUT2D eigenvalue weighted by Crippen LogP contribution is -2.51. The molecule has 0 radical (unpaired) electrons. The van der Waals surface area contributed by atoms with Gasteiger partial charge in [0, 0.05) is 68.0 Å². The zero-order valence-corrected chi connectivity index (χ0v) is 27.1. The van der Waals surface area contributed by atoms with E-state index in [2.05, 4.69) is 85.3 Å². The lowest BCUT2D eigenvalue weighted by molar-refractivity contribution is -0.133. The van der Waals surface area contributed by atoms with Crippen LogP contribution in [-0.2, 0) is 9.59 Å². The van der Waals surface area contributed by atoms with Crippen molar-refractivity contribution in [3.63, 3.8) is 0 Å². The molecule has 45 heavy (non-hydrogen) atoms. The van der Waals surface area contributed by atoms with Crippen molar-refractivity contribution in [3.8, 4) is 11.1 Å². The van der Waals surface area contributed by atoms with Gasteiger partial charge in [0.15, 0.2) is 0 Å². The van der Waals surface area contributed by atoms with Crippen molar-refractivity contribution < 1.29 is 9.59 Å².